The van der Waals surface area contributed by atoms with Gasteiger partial charge in [0.1, 0.15) is 0 Å². The van der Waals surface area contributed by atoms with Crippen LogP contribution in [0.15, 0.2) is 23.1 Å². The van der Waals surface area contributed by atoms with Gasteiger partial charge in [-0.2, -0.15) is 25.3 Å². The van der Waals surface area contributed by atoms with E-state index >= 15 is 0 Å². The Morgan fingerprint density at radius 3 is 2.27 bits per heavy atom. The topological polar surface area (TPSA) is 0 Å². The van der Waals surface area contributed by atoms with Gasteiger partial charge in [0.2, 0.25) is 0 Å². The summed E-state index contributed by atoms with van der Waals surface area (Å²) in [6.45, 7) is 0. The molecule has 0 bridgehead atoms. The predicted molar refractivity (Wildman–Crippen MR) is 59.1 cm³/mol. The Kier molecular flexibility index (Phi) is 3.69. The summed E-state index contributed by atoms with van der Waals surface area (Å²) in [5, 5.41) is 0. The molecule has 0 unspecified atom stereocenters. The van der Waals surface area contributed by atoms with Crippen LogP contribution in [0.25, 0.3) is 0 Å². The van der Waals surface area contributed by atoms with E-state index in [2.05, 4.69) is 44.0 Å². The average Bonchev–Trinajstić information content (AvgIpc) is 2.04. The molecule has 60 valence electrons. The molecule has 0 N–H and O–H groups in total. The molecule has 3 heteroatoms. The number of rotatable bonds is 2. The number of hydrogen-bond donors (Lipinski definition) is 3. The summed E-state index contributed by atoms with van der Waals surface area (Å²) >= 11 is 12.7. The van der Waals surface area contributed by atoms with Crippen molar-refractivity contribution >= 4 is 37.9 Å². The lowest BCUT2D eigenvalue weighted by molar-refractivity contribution is 1.24. The van der Waals surface area contributed by atoms with Gasteiger partial charge < -0.3 is 0 Å². The quantitative estimate of drug-likeness (QED) is 0.604. The molecule has 0 aliphatic rings. The van der Waals surface area contributed by atoms with Crippen LogP contribution in [0.1, 0.15) is 11.1 Å². The smallest absolute Gasteiger partial charge is 0.0165 e. The third-order valence-electron chi connectivity index (χ3n) is 1.50. The van der Waals surface area contributed by atoms with Crippen LogP contribution in [0, 0.1) is 0 Å². The van der Waals surface area contributed by atoms with E-state index in [4.69, 9.17) is 0 Å². The lowest BCUT2D eigenvalue weighted by Gasteiger charge is -2.02. The van der Waals surface area contributed by atoms with E-state index in [0.29, 0.717) is 0 Å². The highest BCUT2D eigenvalue weighted by Gasteiger charge is 1.96. The second kappa shape index (κ2) is 4.33. The van der Waals surface area contributed by atoms with Gasteiger partial charge in [-0.15, -0.1) is 12.6 Å². The molecule has 0 spiro atoms. The van der Waals surface area contributed by atoms with E-state index in [0.717, 1.165) is 16.4 Å². The summed E-state index contributed by atoms with van der Waals surface area (Å²) < 4.78 is 0. The van der Waals surface area contributed by atoms with Crippen molar-refractivity contribution in [3.8, 4) is 0 Å². The molecule has 0 saturated heterocycles. The summed E-state index contributed by atoms with van der Waals surface area (Å²) in [7, 11) is 0. The van der Waals surface area contributed by atoms with Crippen molar-refractivity contribution in [2.75, 3.05) is 0 Å². The molecular formula is C8H10S3. The van der Waals surface area contributed by atoms with Gasteiger partial charge in [0, 0.05) is 16.4 Å². The first-order valence-corrected chi connectivity index (χ1v) is 5.01. The molecule has 1 aromatic carbocycles. The van der Waals surface area contributed by atoms with Crippen LogP contribution in [0.5, 0.6) is 0 Å². The van der Waals surface area contributed by atoms with Crippen molar-refractivity contribution in [1.82, 2.24) is 0 Å². The van der Waals surface area contributed by atoms with Crippen LogP contribution >= 0.6 is 37.9 Å². The van der Waals surface area contributed by atoms with Gasteiger partial charge >= 0.3 is 0 Å². The van der Waals surface area contributed by atoms with Gasteiger partial charge in [-0.1, -0.05) is 12.1 Å². The van der Waals surface area contributed by atoms with Crippen molar-refractivity contribution in [3.63, 3.8) is 0 Å². The molecule has 0 atom stereocenters. The van der Waals surface area contributed by atoms with Crippen molar-refractivity contribution < 1.29 is 0 Å². The van der Waals surface area contributed by atoms with Crippen molar-refractivity contribution in [2.24, 2.45) is 0 Å². The largest absolute Gasteiger partial charge is 0.175 e. The summed E-state index contributed by atoms with van der Waals surface area (Å²) in [5.41, 5.74) is 2.37. The van der Waals surface area contributed by atoms with Crippen LogP contribution in [0.4, 0.5) is 0 Å². The Hall–Kier alpha value is 0.270. The van der Waals surface area contributed by atoms with E-state index in [-0.39, 0.29) is 0 Å². The predicted octanol–water partition coefficient (Wildman–Crippen LogP) is 2.83. The monoisotopic (exact) mass is 202 g/mol. The van der Waals surface area contributed by atoms with Gasteiger partial charge in [0.05, 0.1) is 0 Å². The van der Waals surface area contributed by atoms with Crippen LogP contribution in [0.3, 0.4) is 0 Å². The minimum absolute atomic E-state index is 0.742. The lowest BCUT2D eigenvalue weighted by atomic mass is 10.2. The minimum Gasteiger partial charge on any atom is -0.175 e. The third-order valence-corrected chi connectivity index (χ3v) is 2.62. The fraction of sp³-hybridized carbons (Fsp3) is 0.250. The van der Waals surface area contributed by atoms with Crippen LogP contribution in [0.2, 0.25) is 0 Å². The minimum atomic E-state index is 0.742. The average molecular weight is 202 g/mol. The molecule has 0 fully saturated rings. The molecule has 0 amide bonds. The SMILES string of the molecule is SCc1ccc(CS)c(S)c1. The standard InChI is InChI=1S/C8H10S3/c9-4-6-1-2-7(5-10)8(11)3-6/h1-3,9-11H,4-5H2. The highest BCUT2D eigenvalue weighted by Crippen LogP contribution is 2.18. The van der Waals surface area contributed by atoms with E-state index in [1.807, 2.05) is 12.1 Å². The first kappa shape index (κ1) is 9.36. The Morgan fingerprint density at radius 2 is 1.82 bits per heavy atom. The zero-order chi connectivity index (χ0) is 8.27. The first-order chi connectivity index (χ1) is 5.27. The summed E-state index contributed by atoms with van der Waals surface area (Å²) in [4.78, 5) is 1.01. The summed E-state index contributed by atoms with van der Waals surface area (Å²) in [6, 6.07) is 6.13. The zero-order valence-electron chi connectivity index (χ0n) is 5.99. The van der Waals surface area contributed by atoms with Crippen LogP contribution in [-0.2, 0) is 11.5 Å². The summed E-state index contributed by atoms with van der Waals surface area (Å²) in [6.07, 6.45) is 0. The van der Waals surface area contributed by atoms with Crippen molar-refractivity contribution in [3.05, 3.63) is 29.3 Å². The van der Waals surface area contributed by atoms with Crippen molar-refractivity contribution in [2.45, 2.75) is 16.4 Å². The molecule has 0 aliphatic heterocycles. The molecule has 0 nitrogen and oxygen atoms in total. The van der Waals surface area contributed by atoms with Crippen LogP contribution < -0.4 is 0 Å². The molecule has 1 rings (SSSR count). The van der Waals surface area contributed by atoms with Crippen molar-refractivity contribution in [1.29, 1.82) is 0 Å². The molecule has 0 radical (unpaired) electrons. The Morgan fingerprint density at radius 1 is 1.09 bits per heavy atom. The number of hydrogen-bond acceptors (Lipinski definition) is 3. The fourth-order valence-electron chi connectivity index (χ4n) is 0.841. The number of benzene rings is 1. The summed E-state index contributed by atoms with van der Waals surface area (Å²) in [5.74, 6) is 1.51. The molecule has 1 aromatic rings. The maximum Gasteiger partial charge on any atom is 0.0165 e. The highest BCUT2D eigenvalue weighted by atomic mass is 32.1. The second-order valence-electron chi connectivity index (χ2n) is 2.28. The Balaban J connectivity index is 2.99. The molecule has 0 heterocycles. The highest BCUT2D eigenvalue weighted by molar-refractivity contribution is 7.81. The zero-order valence-corrected chi connectivity index (χ0v) is 8.67. The Bertz CT molecular complexity index is 245. The molecule has 0 aromatic heterocycles. The maximum atomic E-state index is 4.32. The third kappa shape index (κ3) is 2.36. The van der Waals surface area contributed by atoms with Crippen LogP contribution in [-0.4, -0.2) is 0 Å². The molecule has 0 aliphatic carbocycles. The molecule has 0 saturated carbocycles. The van der Waals surface area contributed by atoms with Gasteiger partial charge in [0.25, 0.3) is 0 Å². The fourth-order valence-corrected chi connectivity index (χ4v) is 1.76. The Labute approximate surface area is 83.6 Å². The van der Waals surface area contributed by atoms with E-state index in [9.17, 15) is 0 Å². The number of thiol groups is 3. The molecular weight excluding hydrogens is 192 g/mol. The second-order valence-corrected chi connectivity index (χ2v) is 3.39. The molecule has 11 heavy (non-hydrogen) atoms. The van der Waals surface area contributed by atoms with E-state index < -0.39 is 0 Å². The normalized spacial score (nSPS) is 10.1. The van der Waals surface area contributed by atoms with Gasteiger partial charge in [-0.3, -0.25) is 0 Å². The maximum absolute atomic E-state index is 4.32. The van der Waals surface area contributed by atoms with Gasteiger partial charge in [-0.25, -0.2) is 0 Å². The first-order valence-electron chi connectivity index (χ1n) is 3.30. The van der Waals surface area contributed by atoms with Gasteiger partial charge in [0.15, 0.2) is 0 Å². The van der Waals surface area contributed by atoms with E-state index in [1.54, 1.807) is 0 Å². The van der Waals surface area contributed by atoms with E-state index in [1.165, 1.54) is 11.1 Å². The van der Waals surface area contributed by atoms with Gasteiger partial charge in [-0.05, 0) is 17.2 Å². The lowest BCUT2D eigenvalue weighted by Crippen LogP contribution is -1.84.